The van der Waals surface area contributed by atoms with Gasteiger partial charge in [0.05, 0.1) is 12.0 Å². The van der Waals surface area contributed by atoms with E-state index in [1.807, 2.05) is 30.3 Å². The van der Waals surface area contributed by atoms with E-state index in [1.54, 1.807) is 30.3 Å². The summed E-state index contributed by atoms with van der Waals surface area (Å²) in [7, 11) is 0. The van der Waals surface area contributed by atoms with E-state index in [4.69, 9.17) is 4.42 Å². The average Bonchev–Trinajstić information content (AvgIpc) is 3.51. The van der Waals surface area contributed by atoms with Crippen LogP contribution in [0.5, 0.6) is 0 Å². The average molecular weight is 415 g/mol. The number of hydrazine groups is 1. The molecule has 3 amide bonds. The third-order valence-electron chi connectivity index (χ3n) is 4.31. The molecule has 9 heteroatoms. The van der Waals surface area contributed by atoms with Crippen molar-refractivity contribution in [1.82, 2.24) is 21.0 Å². The largest absolute Gasteiger partial charge is 0.459 e. The minimum absolute atomic E-state index is 0.150. The number of benzene rings is 2. The lowest BCUT2D eigenvalue weighted by molar-refractivity contribution is 0.0844. The maximum absolute atomic E-state index is 12.4. The molecule has 9 nitrogen and oxygen atoms in total. The first-order valence-corrected chi connectivity index (χ1v) is 9.26. The van der Waals surface area contributed by atoms with Crippen molar-refractivity contribution in [3.8, 4) is 11.3 Å². The number of nitrogens with zero attached hydrogens (tertiary/aromatic N) is 1. The van der Waals surface area contributed by atoms with Crippen LogP contribution >= 0.6 is 0 Å². The number of carbonyl (C=O) groups is 3. The van der Waals surface area contributed by atoms with Gasteiger partial charge in [0.25, 0.3) is 17.7 Å². The van der Waals surface area contributed by atoms with Crippen LogP contribution in [0, 0.1) is 0 Å². The highest BCUT2D eigenvalue weighted by Gasteiger charge is 2.14. The van der Waals surface area contributed by atoms with E-state index in [1.165, 1.54) is 18.4 Å². The van der Waals surface area contributed by atoms with Gasteiger partial charge in [-0.3, -0.25) is 30.3 Å². The Morgan fingerprint density at radius 2 is 1.61 bits per heavy atom. The van der Waals surface area contributed by atoms with Gasteiger partial charge in [-0.15, -0.1) is 0 Å². The van der Waals surface area contributed by atoms with Gasteiger partial charge in [-0.1, -0.05) is 36.4 Å². The Balaban J connectivity index is 1.36. The van der Waals surface area contributed by atoms with Crippen LogP contribution in [0.15, 0.2) is 83.5 Å². The SMILES string of the molecule is O=C(NNC(=O)c1cc(-c2ccccc2)n[nH]1)c1cccc(NC(=O)c2ccco2)c1. The van der Waals surface area contributed by atoms with Crippen LogP contribution in [-0.4, -0.2) is 27.9 Å². The van der Waals surface area contributed by atoms with Crippen LogP contribution in [0.3, 0.4) is 0 Å². The molecule has 0 aliphatic rings. The van der Waals surface area contributed by atoms with Crippen molar-refractivity contribution in [3.05, 3.63) is 96.1 Å². The first kappa shape index (κ1) is 19.6. The van der Waals surface area contributed by atoms with E-state index >= 15 is 0 Å². The van der Waals surface area contributed by atoms with Crippen LogP contribution in [0.2, 0.25) is 0 Å². The van der Waals surface area contributed by atoms with E-state index in [2.05, 4.69) is 26.4 Å². The number of nitrogens with one attached hydrogen (secondary N) is 4. The first-order valence-electron chi connectivity index (χ1n) is 9.26. The minimum atomic E-state index is -0.551. The molecule has 0 aliphatic heterocycles. The normalized spacial score (nSPS) is 10.3. The lowest BCUT2D eigenvalue weighted by Gasteiger charge is -2.08. The molecular formula is C22H17N5O4. The van der Waals surface area contributed by atoms with Gasteiger partial charge in [-0.05, 0) is 36.4 Å². The molecule has 154 valence electrons. The first-order chi connectivity index (χ1) is 15.1. The van der Waals surface area contributed by atoms with E-state index in [-0.39, 0.29) is 17.0 Å². The fourth-order valence-corrected chi connectivity index (χ4v) is 2.79. The Hall–Kier alpha value is -4.66. The highest BCUT2D eigenvalue weighted by atomic mass is 16.3. The highest BCUT2D eigenvalue weighted by Crippen LogP contribution is 2.17. The van der Waals surface area contributed by atoms with Gasteiger partial charge in [0.1, 0.15) is 5.69 Å². The zero-order chi connectivity index (χ0) is 21.6. The molecule has 2 aromatic carbocycles. The molecule has 0 fully saturated rings. The lowest BCUT2D eigenvalue weighted by Crippen LogP contribution is -2.41. The van der Waals surface area contributed by atoms with E-state index in [0.29, 0.717) is 11.4 Å². The van der Waals surface area contributed by atoms with Crippen LogP contribution in [0.4, 0.5) is 5.69 Å². The molecule has 4 aromatic rings. The summed E-state index contributed by atoms with van der Waals surface area (Å²) < 4.78 is 5.04. The summed E-state index contributed by atoms with van der Waals surface area (Å²) >= 11 is 0. The topological polar surface area (TPSA) is 129 Å². The lowest BCUT2D eigenvalue weighted by atomic mass is 10.1. The summed E-state index contributed by atoms with van der Waals surface area (Å²) in [5.74, 6) is -1.39. The molecule has 2 heterocycles. The molecule has 0 saturated heterocycles. The van der Waals surface area contributed by atoms with Crippen LogP contribution < -0.4 is 16.2 Å². The van der Waals surface area contributed by atoms with Gasteiger partial charge in [0.15, 0.2) is 5.76 Å². The molecule has 4 rings (SSSR count). The van der Waals surface area contributed by atoms with Gasteiger partial charge in [0.2, 0.25) is 0 Å². The summed E-state index contributed by atoms with van der Waals surface area (Å²) in [5, 5.41) is 9.38. The van der Waals surface area contributed by atoms with Crippen molar-refractivity contribution in [2.45, 2.75) is 0 Å². The van der Waals surface area contributed by atoms with E-state index < -0.39 is 17.7 Å². The maximum atomic E-state index is 12.4. The van der Waals surface area contributed by atoms with Crippen molar-refractivity contribution in [3.63, 3.8) is 0 Å². The van der Waals surface area contributed by atoms with Gasteiger partial charge in [-0.2, -0.15) is 5.10 Å². The Bertz CT molecular complexity index is 1220. The third-order valence-corrected chi connectivity index (χ3v) is 4.31. The predicted molar refractivity (Wildman–Crippen MR) is 112 cm³/mol. The van der Waals surface area contributed by atoms with Gasteiger partial charge < -0.3 is 9.73 Å². The fraction of sp³-hybridized carbons (Fsp3) is 0. The summed E-state index contributed by atoms with van der Waals surface area (Å²) in [5.41, 5.74) is 6.97. The number of anilines is 1. The minimum Gasteiger partial charge on any atom is -0.459 e. The Morgan fingerprint density at radius 1 is 0.806 bits per heavy atom. The van der Waals surface area contributed by atoms with Crippen molar-refractivity contribution >= 4 is 23.4 Å². The number of furan rings is 1. The second kappa shape index (κ2) is 8.78. The van der Waals surface area contributed by atoms with Crippen molar-refractivity contribution in [1.29, 1.82) is 0 Å². The Kier molecular flexibility index (Phi) is 5.57. The number of aromatic nitrogens is 2. The number of H-pyrrole nitrogens is 1. The standard InChI is InChI=1S/C22H17N5O4/c28-20(15-8-4-9-16(12-15)23-22(30)19-10-5-11-31-19)26-27-21(29)18-13-17(24-25-18)14-6-2-1-3-7-14/h1-13H,(H,23,30)(H,24,25)(H,26,28)(H,27,29). The van der Waals surface area contributed by atoms with Crippen LogP contribution in [0.1, 0.15) is 31.4 Å². The van der Waals surface area contributed by atoms with Crippen molar-refractivity contribution in [2.75, 3.05) is 5.32 Å². The van der Waals surface area contributed by atoms with Gasteiger partial charge >= 0.3 is 0 Å². The monoisotopic (exact) mass is 415 g/mol. The van der Waals surface area contributed by atoms with Crippen LogP contribution in [-0.2, 0) is 0 Å². The van der Waals surface area contributed by atoms with Crippen LogP contribution in [0.25, 0.3) is 11.3 Å². The maximum Gasteiger partial charge on any atom is 0.291 e. The summed E-state index contributed by atoms with van der Waals surface area (Å²) in [6.07, 6.45) is 1.39. The summed E-state index contributed by atoms with van der Waals surface area (Å²) in [6, 6.07) is 20.3. The Morgan fingerprint density at radius 3 is 2.39 bits per heavy atom. The molecule has 0 radical (unpaired) electrons. The number of amides is 3. The number of hydrogen-bond donors (Lipinski definition) is 4. The third kappa shape index (κ3) is 4.67. The number of carbonyl (C=O) groups excluding carboxylic acids is 3. The second-order valence-corrected chi connectivity index (χ2v) is 6.45. The number of hydrogen-bond acceptors (Lipinski definition) is 5. The number of aromatic amines is 1. The molecule has 0 bridgehead atoms. The predicted octanol–water partition coefficient (Wildman–Crippen LogP) is 3.00. The molecule has 0 saturated carbocycles. The number of rotatable bonds is 5. The Labute approximate surface area is 176 Å². The highest BCUT2D eigenvalue weighted by molar-refractivity contribution is 6.03. The van der Waals surface area contributed by atoms with E-state index in [9.17, 15) is 14.4 Å². The molecular weight excluding hydrogens is 398 g/mol. The fourth-order valence-electron chi connectivity index (χ4n) is 2.79. The van der Waals surface area contributed by atoms with Crippen molar-refractivity contribution in [2.24, 2.45) is 0 Å². The molecule has 0 spiro atoms. The second-order valence-electron chi connectivity index (χ2n) is 6.45. The van der Waals surface area contributed by atoms with Gasteiger partial charge in [0, 0.05) is 16.8 Å². The zero-order valence-corrected chi connectivity index (χ0v) is 16.1. The zero-order valence-electron chi connectivity index (χ0n) is 16.1. The smallest absolute Gasteiger partial charge is 0.291 e. The molecule has 31 heavy (non-hydrogen) atoms. The molecule has 0 atom stereocenters. The summed E-state index contributed by atoms with van der Waals surface area (Å²) in [6.45, 7) is 0. The molecule has 0 unspecified atom stereocenters. The van der Waals surface area contributed by atoms with Gasteiger partial charge in [-0.25, -0.2) is 0 Å². The van der Waals surface area contributed by atoms with E-state index in [0.717, 1.165) is 5.56 Å². The quantitative estimate of drug-likeness (QED) is 0.373. The molecule has 0 aliphatic carbocycles. The molecule has 2 aromatic heterocycles. The molecule has 4 N–H and O–H groups in total. The van der Waals surface area contributed by atoms with Crippen molar-refractivity contribution < 1.29 is 18.8 Å². The summed E-state index contributed by atoms with van der Waals surface area (Å²) in [4.78, 5) is 36.8.